The minimum Gasteiger partial charge on any atom is -0.493 e. The number of ether oxygens (including phenoxy) is 1. The molecule has 2 aliphatic heterocycles. The molecule has 0 bridgehead atoms. The predicted molar refractivity (Wildman–Crippen MR) is 134 cm³/mol. The van der Waals surface area contributed by atoms with Crippen LogP contribution >= 0.6 is 11.6 Å². The smallest absolute Gasteiger partial charge is 0.252 e. The van der Waals surface area contributed by atoms with E-state index in [2.05, 4.69) is 34.3 Å². The van der Waals surface area contributed by atoms with E-state index in [4.69, 9.17) is 16.3 Å². The molecule has 7 nitrogen and oxygen atoms in total. The summed E-state index contributed by atoms with van der Waals surface area (Å²) in [5, 5.41) is 3.39. The summed E-state index contributed by atoms with van der Waals surface area (Å²) < 4.78 is 5.96. The highest BCUT2D eigenvalue weighted by atomic mass is 35.5. The Kier molecular flexibility index (Phi) is 8.27. The van der Waals surface area contributed by atoms with Crippen molar-refractivity contribution in [1.29, 1.82) is 0 Å². The molecule has 2 amide bonds. The van der Waals surface area contributed by atoms with Gasteiger partial charge in [0.2, 0.25) is 5.91 Å². The number of likely N-dealkylation sites (tertiary alicyclic amines) is 1. The molecular formula is C26H33ClN4O3. The molecule has 1 aromatic carbocycles. The fourth-order valence-corrected chi connectivity index (χ4v) is 4.75. The molecule has 0 unspecified atom stereocenters. The first-order valence-electron chi connectivity index (χ1n) is 12.2. The van der Waals surface area contributed by atoms with Crippen LogP contribution in [0.5, 0.6) is 5.75 Å². The number of benzene rings is 1. The van der Waals surface area contributed by atoms with E-state index in [1.54, 1.807) is 12.3 Å². The second-order valence-corrected chi connectivity index (χ2v) is 9.58. The molecule has 1 N–H and O–H groups in total. The summed E-state index contributed by atoms with van der Waals surface area (Å²) in [5.74, 6) is 2.15. The fourth-order valence-electron chi connectivity index (χ4n) is 4.46. The Hall–Kier alpha value is -2.80. The van der Waals surface area contributed by atoms with Crippen LogP contribution in [0.3, 0.4) is 0 Å². The maximum absolute atomic E-state index is 12.5. The lowest BCUT2D eigenvalue weighted by Gasteiger charge is -2.33. The van der Waals surface area contributed by atoms with Crippen molar-refractivity contribution in [1.82, 2.24) is 15.2 Å². The molecule has 182 valence electrons. The van der Waals surface area contributed by atoms with E-state index in [1.807, 2.05) is 17.0 Å². The Morgan fingerprint density at radius 2 is 1.97 bits per heavy atom. The van der Waals surface area contributed by atoms with Crippen molar-refractivity contribution in [3.05, 3.63) is 52.7 Å². The zero-order chi connectivity index (χ0) is 23.9. The molecule has 1 aromatic heterocycles. The van der Waals surface area contributed by atoms with E-state index in [-0.39, 0.29) is 11.8 Å². The number of aromatic nitrogens is 1. The SMILES string of the molecule is Cc1ccc(OCC2CCN(c3ncc(C(=O)NCCCN4CCCC4=O)cc3Cl)CC2)cc1. The van der Waals surface area contributed by atoms with Gasteiger partial charge in [-0.15, -0.1) is 0 Å². The Morgan fingerprint density at radius 1 is 1.21 bits per heavy atom. The summed E-state index contributed by atoms with van der Waals surface area (Å²) in [6.07, 6.45) is 5.91. The van der Waals surface area contributed by atoms with Crippen molar-refractivity contribution in [2.24, 2.45) is 5.92 Å². The molecule has 2 aliphatic rings. The number of aryl methyl sites for hydroxylation is 1. The van der Waals surface area contributed by atoms with Gasteiger partial charge < -0.3 is 19.9 Å². The van der Waals surface area contributed by atoms with Crippen molar-refractivity contribution in [3.8, 4) is 5.75 Å². The highest BCUT2D eigenvalue weighted by Gasteiger charge is 2.23. The summed E-state index contributed by atoms with van der Waals surface area (Å²) >= 11 is 6.51. The van der Waals surface area contributed by atoms with Crippen molar-refractivity contribution >= 4 is 29.2 Å². The fraction of sp³-hybridized carbons (Fsp3) is 0.500. The molecule has 0 radical (unpaired) electrons. The molecule has 0 saturated carbocycles. The number of piperidine rings is 1. The molecule has 3 heterocycles. The number of halogens is 1. The Bertz CT molecular complexity index is 990. The van der Waals surface area contributed by atoms with E-state index in [0.717, 1.165) is 56.9 Å². The number of anilines is 1. The second-order valence-electron chi connectivity index (χ2n) is 9.18. The summed E-state index contributed by atoms with van der Waals surface area (Å²) in [4.78, 5) is 32.7. The average molecular weight is 485 g/mol. The van der Waals surface area contributed by atoms with Crippen molar-refractivity contribution in [2.45, 2.75) is 39.0 Å². The summed E-state index contributed by atoms with van der Waals surface area (Å²) in [7, 11) is 0. The van der Waals surface area contributed by atoms with Gasteiger partial charge in [-0.05, 0) is 56.7 Å². The highest BCUT2D eigenvalue weighted by Crippen LogP contribution is 2.29. The number of hydrogen-bond acceptors (Lipinski definition) is 5. The zero-order valence-corrected chi connectivity index (χ0v) is 20.5. The molecule has 34 heavy (non-hydrogen) atoms. The van der Waals surface area contributed by atoms with Gasteiger partial charge in [0.25, 0.3) is 5.91 Å². The van der Waals surface area contributed by atoms with Gasteiger partial charge in [0.1, 0.15) is 11.6 Å². The standard InChI is InChI=1S/C26H33ClN4O3/c1-19-5-7-22(8-6-19)34-18-20-9-14-31(15-10-20)25-23(27)16-21(17-29-25)26(33)28-11-3-13-30-12-2-4-24(30)32/h5-8,16-17,20H,2-4,9-15,18H2,1H3,(H,28,33). The lowest BCUT2D eigenvalue weighted by Crippen LogP contribution is -2.36. The third-order valence-corrected chi connectivity index (χ3v) is 6.84. The van der Waals surface area contributed by atoms with Crippen molar-refractivity contribution in [2.75, 3.05) is 44.2 Å². The lowest BCUT2D eigenvalue weighted by molar-refractivity contribution is -0.127. The molecular weight excluding hydrogens is 452 g/mol. The van der Waals surface area contributed by atoms with Crippen LogP contribution in [-0.4, -0.2) is 61.0 Å². The van der Waals surface area contributed by atoms with Crippen molar-refractivity contribution < 1.29 is 14.3 Å². The largest absolute Gasteiger partial charge is 0.493 e. The molecule has 0 spiro atoms. The predicted octanol–water partition coefficient (Wildman–Crippen LogP) is 4.08. The third kappa shape index (κ3) is 6.41. The molecule has 4 rings (SSSR count). The minimum absolute atomic E-state index is 0.194. The highest BCUT2D eigenvalue weighted by molar-refractivity contribution is 6.33. The van der Waals surface area contributed by atoms with Crippen molar-refractivity contribution in [3.63, 3.8) is 0 Å². The number of amides is 2. The molecule has 2 saturated heterocycles. The van der Waals surface area contributed by atoms with Crippen LogP contribution < -0.4 is 15.0 Å². The van der Waals surface area contributed by atoms with Gasteiger partial charge in [-0.3, -0.25) is 9.59 Å². The monoisotopic (exact) mass is 484 g/mol. The van der Waals surface area contributed by atoms with Gasteiger partial charge in [0.15, 0.2) is 0 Å². The number of rotatable bonds is 9. The van der Waals surface area contributed by atoms with Gasteiger partial charge in [-0.1, -0.05) is 29.3 Å². The summed E-state index contributed by atoms with van der Waals surface area (Å²) in [6, 6.07) is 9.84. The van der Waals surface area contributed by atoms with Crippen LogP contribution in [0.1, 0.15) is 48.0 Å². The number of hydrogen-bond donors (Lipinski definition) is 1. The van der Waals surface area contributed by atoms with Crippen LogP contribution in [0, 0.1) is 12.8 Å². The first kappa shape index (κ1) is 24.3. The first-order valence-corrected chi connectivity index (χ1v) is 12.5. The van der Waals surface area contributed by atoms with Gasteiger partial charge in [-0.2, -0.15) is 0 Å². The maximum atomic E-state index is 12.5. The van der Waals surface area contributed by atoms with E-state index in [1.165, 1.54) is 5.56 Å². The summed E-state index contributed by atoms with van der Waals surface area (Å²) in [6.45, 7) is 6.51. The van der Waals surface area contributed by atoms with E-state index < -0.39 is 0 Å². The molecule has 0 aliphatic carbocycles. The van der Waals surface area contributed by atoms with Gasteiger partial charge in [0.05, 0.1) is 17.2 Å². The van der Waals surface area contributed by atoms with Gasteiger partial charge >= 0.3 is 0 Å². The maximum Gasteiger partial charge on any atom is 0.252 e. The average Bonchev–Trinajstić information content (AvgIpc) is 3.26. The number of nitrogens with zero attached hydrogens (tertiary/aromatic N) is 3. The molecule has 0 atom stereocenters. The number of carbonyl (C=O) groups excluding carboxylic acids is 2. The topological polar surface area (TPSA) is 74.8 Å². The minimum atomic E-state index is -0.194. The Morgan fingerprint density at radius 3 is 2.65 bits per heavy atom. The number of carbonyl (C=O) groups is 2. The Balaban J connectivity index is 1.21. The van der Waals surface area contributed by atoms with Gasteiger partial charge in [0, 0.05) is 45.3 Å². The van der Waals surface area contributed by atoms with E-state index in [0.29, 0.717) is 42.6 Å². The molecule has 8 heteroatoms. The normalized spacial score (nSPS) is 16.7. The molecule has 2 fully saturated rings. The zero-order valence-electron chi connectivity index (χ0n) is 19.8. The van der Waals surface area contributed by atoms with Gasteiger partial charge in [-0.25, -0.2) is 4.98 Å². The van der Waals surface area contributed by atoms with Crippen LogP contribution in [0.25, 0.3) is 0 Å². The van der Waals surface area contributed by atoms with E-state index >= 15 is 0 Å². The molecule has 2 aromatic rings. The van der Waals surface area contributed by atoms with Crippen LogP contribution in [0.2, 0.25) is 5.02 Å². The third-order valence-electron chi connectivity index (χ3n) is 6.57. The summed E-state index contributed by atoms with van der Waals surface area (Å²) in [5.41, 5.74) is 1.68. The number of nitrogens with one attached hydrogen (secondary N) is 1. The van der Waals surface area contributed by atoms with Crippen LogP contribution in [-0.2, 0) is 4.79 Å². The first-order chi connectivity index (χ1) is 16.5. The quantitative estimate of drug-likeness (QED) is 0.543. The second kappa shape index (κ2) is 11.6. The van der Waals surface area contributed by atoms with Crippen LogP contribution in [0.4, 0.5) is 5.82 Å². The lowest BCUT2D eigenvalue weighted by atomic mass is 9.98. The Labute approximate surface area is 206 Å². The van der Waals surface area contributed by atoms with Crippen LogP contribution in [0.15, 0.2) is 36.5 Å². The van der Waals surface area contributed by atoms with E-state index in [9.17, 15) is 9.59 Å². The number of pyridine rings is 1.